The van der Waals surface area contributed by atoms with Gasteiger partial charge in [0.1, 0.15) is 0 Å². The molecule has 0 fully saturated rings. The Labute approximate surface area is 198 Å². The zero-order chi connectivity index (χ0) is 24.1. The molecule has 0 aliphatic carbocycles. The van der Waals surface area contributed by atoms with Gasteiger partial charge in [0.2, 0.25) is 0 Å². The average Bonchev–Trinajstić information content (AvgIpc) is 3.30. The van der Waals surface area contributed by atoms with E-state index in [9.17, 15) is 4.79 Å². The van der Waals surface area contributed by atoms with Crippen LogP contribution in [0.4, 0.5) is 0 Å². The molecule has 0 atom stereocenters. The number of rotatable bonds is 7. The molecule has 0 unspecified atom stereocenters. The van der Waals surface area contributed by atoms with Crippen molar-refractivity contribution in [1.29, 1.82) is 0 Å². The van der Waals surface area contributed by atoms with E-state index in [1.54, 1.807) is 37.1 Å². The first-order valence-corrected chi connectivity index (χ1v) is 10.8. The Kier molecular flexibility index (Phi) is 6.73. The quantitative estimate of drug-likeness (QED) is 0.317. The molecule has 0 radical (unpaired) electrons. The Bertz CT molecular complexity index is 1260. The van der Waals surface area contributed by atoms with Gasteiger partial charge < -0.3 is 9.47 Å². The number of amides is 1. The molecule has 34 heavy (non-hydrogen) atoms. The molecule has 0 saturated heterocycles. The second-order valence-electron chi connectivity index (χ2n) is 7.84. The van der Waals surface area contributed by atoms with E-state index in [2.05, 4.69) is 15.6 Å². The lowest BCUT2D eigenvalue weighted by atomic mass is 10.1. The molecule has 0 aliphatic heterocycles. The second-order valence-corrected chi connectivity index (χ2v) is 7.84. The molecule has 0 aliphatic rings. The Hall–Kier alpha value is -4.39. The summed E-state index contributed by atoms with van der Waals surface area (Å²) >= 11 is 0. The zero-order valence-electron chi connectivity index (χ0n) is 19.6. The standard InChI is InChI=1S/C27H26N4O3/c1-18-5-10-21(11-6-18)24-16-23(30-31(24)22-12-7-19(2)8-13-22)27(32)29-28-17-20-9-14-25(33-3)26(15-20)34-4/h5-17H,1-4H3,(H,29,32)/b28-17-. The van der Waals surface area contributed by atoms with Crippen LogP contribution in [0.2, 0.25) is 0 Å². The van der Waals surface area contributed by atoms with E-state index >= 15 is 0 Å². The smallest absolute Gasteiger partial charge is 0.291 e. The van der Waals surface area contributed by atoms with Crippen LogP contribution in [0, 0.1) is 13.8 Å². The van der Waals surface area contributed by atoms with Crippen molar-refractivity contribution in [2.24, 2.45) is 5.10 Å². The highest BCUT2D eigenvalue weighted by Gasteiger charge is 2.16. The van der Waals surface area contributed by atoms with Gasteiger partial charge in [-0.25, -0.2) is 10.1 Å². The second kappa shape index (κ2) is 10.0. The maximum atomic E-state index is 12.8. The molecule has 7 nitrogen and oxygen atoms in total. The summed E-state index contributed by atoms with van der Waals surface area (Å²) in [6.07, 6.45) is 1.54. The van der Waals surface area contributed by atoms with E-state index in [1.165, 1.54) is 6.21 Å². The number of aromatic nitrogens is 2. The molecule has 3 aromatic carbocycles. The third kappa shape index (κ3) is 4.99. The maximum Gasteiger partial charge on any atom is 0.291 e. The molecule has 1 N–H and O–H groups in total. The topological polar surface area (TPSA) is 77.7 Å². The highest BCUT2D eigenvalue weighted by atomic mass is 16.5. The molecule has 4 aromatic rings. The number of nitrogens with zero attached hydrogens (tertiary/aromatic N) is 3. The molecular weight excluding hydrogens is 428 g/mol. The van der Waals surface area contributed by atoms with Crippen molar-refractivity contribution in [1.82, 2.24) is 15.2 Å². The van der Waals surface area contributed by atoms with Crippen LogP contribution in [0.3, 0.4) is 0 Å². The summed E-state index contributed by atoms with van der Waals surface area (Å²) in [5.74, 6) is 0.794. The van der Waals surface area contributed by atoms with E-state index < -0.39 is 5.91 Å². The monoisotopic (exact) mass is 454 g/mol. The molecule has 1 amide bonds. The number of hydrazone groups is 1. The maximum absolute atomic E-state index is 12.8. The van der Waals surface area contributed by atoms with Crippen molar-refractivity contribution in [3.8, 4) is 28.4 Å². The van der Waals surface area contributed by atoms with Gasteiger partial charge >= 0.3 is 0 Å². The van der Waals surface area contributed by atoms with Crippen LogP contribution in [0.25, 0.3) is 16.9 Å². The minimum atomic E-state index is -0.407. The number of hydrogen-bond acceptors (Lipinski definition) is 5. The third-order valence-corrected chi connectivity index (χ3v) is 5.36. The lowest BCUT2D eigenvalue weighted by Gasteiger charge is -2.08. The Balaban J connectivity index is 1.60. The summed E-state index contributed by atoms with van der Waals surface area (Å²) in [6, 6.07) is 23.3. The molecular formula is C27H26N4O3. The minimum absolute atomic E-state index is 0.264. The molecule has 4 rings (SSSR count). The van der Waals surface area contributed by atoms with Crippen LogP contribution in [0.1, 0.15) is 27.2 Å². The molecule has 0 bridgehead atoms. The number of hydrogen-bond donors (Lipinski definition) is 1. The predicted molar refractivity (Wildman–Crippen MR) is 133 cm³/mol. The number of aryl methyl sites for hydroxylation is 2. The van der Waals surface area contributed by atoms with Crippen LogP contribution in [-0.2, 0) is 0 Å². The van der Waals surface area contributed by atoms with Crippen LogP contribution in [0.15, 0.2) is 77.9 Å². The fraction of sp³-hybridized carbons (Fsp3) is 0.148. The summed E-state index contributed by atoms with van der Waals surface area (Å²) in [7, 11) is 3.14. The van der Waals surface area contributed by atoms with Crippen molar-refractivity contribution in [2.75, 3.05) is 14.2 Å². The normalized spacial score (nSPS) is 10.9. The molecule has 1 heterocycles. The number of methoxy groups -OCH3 is 2. The van der Waals surface area contributed by atoms with Crippen molar-refractivity contribution in [2.45, 2.75) is 13.8 Å². The Morgan fingerprint density at radius 3 is 2.18 bits per heavy atom. The van der Waals surface area contributed by atoms with E-state index in [1.807, 2.05) is 68.4 Å². The molecule has 7 heteroatoms. The fourth-order valence-electron chi connectivity index (χ4n) is 3.46. The number of nitrogens with one attached hydrogen (secondary N) is 1. The highest BCUT2D eigenvalue weighted by Crippen LogP contribution is 2.27. The number of carbonyl (C=O) groups excluding carboxylic acids is 1. The molecule has 0 spiro atoms. The van der Waals surface area contributed by atoms with Crippen molar-refractivity contribution in [3.05, 3.63) is 95.2 Å². The first kappa shape index (κ1) is 22.8. The Morgan fingerprint density at radius 1 is 0.882 bits per heavy atom. The number of ether oxygens (including phenoxy) is 2. The van der Waals surface area contributed by atoms with Crippen LogP contribution in [0.5, 0.6) is 11.5 Å². The van der Waals surface area contributed by atoms with Crippen molar-refractivity contribution < 1.29 is 14.3 Å². The van der Waals surface area contributed by atoms with Gasteiger partial charge in [-0.1, -0.05) is 47.5 Å². The van der Waals surface area contributed by atoms with Crippen molar-refractivity contribution >= 4 is 12.1 Å². The van der Waals surface area contributed by atoms with Gasteiger partial charge in [-0.05, 0) is 55.8 Å². The average molecular weight is 455 g/mol. The van der Waals surface area contributed by atoms with Gasteiger partial charge in [-0.3, -0.25) is 4.79 Å². The summed E-state index contributed by atoms with van der Waals surface area (Å²) in [5, 5.41) is 8.67. The van der Waals surface area contributed by atoms with Crippen LogP contribution >= 0.6 is 0 Å². The van der Waals surface area contributed by atoms with Gasteiger partial charge in [0, 0.05) is 5.56 Å². The summed E-state index contributed by atoms with van der Waals surface area (Å²) < 4.78 is 12.3. The van der Waals surface area contributed by atoms with E-state index in [0.717, 1.165) is 33.6 Å². The van der Waals surface area contributed by atoms with E-state index in [-0.39, 0.29) is 5.69 Å². The summed E-state index contributed by atoms with van der Waals surface area (Å²) in [5.41, 5.74) is 8.54. The van der Waals surface area contributed by atoms with Crippen LogP contribution < -0.4 is 14.9 Å². The first-order valence-electron chi connectivity index (χ1n) is 10.8. The predicted octanol–water partition coefficient (Wildman–Crippen LogP) is 4.94. The van der Waals surface area contributed by atoms with Gasteiger partial charge in [-0.2, -0.15) is 10.2 Å². The minimum Gasteiger partial charge on any atom is -0.493 e. The largest absolute Gasteiger partial charge is 0.493 e. The lowest BCUT2D eigenvalue weighted by Crippen LogP contribution is -2.18. The lowest BCUT2D eigenvalue weighted by molar-refractivity contribution is 0.0949. The van der Waals surface area contributed by atoms with Crippen molar-refractivity contribution in [3.63, 3.8) is 0 Å². The SMILES string of the molecule is COc1ccc(/C=N\NC(=O)c2cc(-c3ccc(C)cc3)n(-c3ccc(C)cc3)n2)cc1OC. The molecule has 0 saturated carbocycles. The van der Waals surface area contributed by atoms with Gasteiger partial charge in [-0.15, -0.1) is 0 Å². The van der Waals surface area contributed by atoms with Crippen LogP contribution in [-0.4, -0.2) is 36.1 Å². The molecule has 1 aromatic heterocycles. The highest BCUT2D eigenvalue weighted by molar-refractivity contribution is 5.94. The first-order chi connectivity index (χ1) is 16.5. The number of benzene rings is 3. The summed E-state index contributed by atoms with van der Waals surface area (Å²) in [6.45, 7) is 4.07. The fourth-order valence-corrected chi connectivity index (χ4v) is 3.46. The number of carbonyl (C=O) groups is 1. The molecule has 172 valence electrons. The zero-order valence-corrected chi connectivity index (χ0v) is 19.6. The third-order valence-electron chi connectivity index (χ3n) is 5.36. The Morgan fingerprint density at radius 2 is 1.53 bits per heavy atom. The summed E-state index contributed by atoms with van der Waals surface area (Å²) in [4.78, 5) is 12.8. The van der Waals surface area contributed by atoms with Gasteiger partial charge in [0.05, 0.1) is 31.8 Å². The van der Waals surface area contributed by atoms with E-state index in [0.29, 0.717) is 11.5 Å². The van der Waals surface area contributed by atoms with Gasteiger partial charge in [0.25, 0.3) is 5.91 Å². The van der Waals surface area contributed by atoms with E-state index in [4.69, 9.17) is 9.47 Å². The van der Waals surface area contributed by atoms with Gasteiger partial charge in [0.15, 0.2) is 17.2 Å².